The molecule has 0 aliphatic carbocycles. The fraction of sp³-hybridized carbons (Fsp3) is 0.714. The molecular weight excluding hydrogens is 190 g/mol. The molecule has 2 atom stereocenters. The second-order valence-electron chi connectivity index (χ2n) is 2.74. The van der Waals surface area contributed by atoms with Crippen molar-refractivity contribution in [3.8, 4) is 0 Å². The molecule has 5 nitrogen and oxygen atoms in total. The maximum absolute atomic E-state index is 11.3. The summed E-state index contributed by atoms with van der Waals surface area (Å²) in [6.45, 7) is 3.92. The largest absolute Gasteiger partial charge is 0.465 e. The Balaban J connectivity index is 2.62. The first-order valence-corrected chi connectivity index (χ1v) is 4.91. The number of nitrogens with two attached hydrogens (primary N) is 1. The topological polar surface area (TPSA) is 79.4 Å². The molecular formula is C7H13N3O2S. The first-order valence-electron chi connectivity index (χ1n) is 4.03. The van der Waals surface area contributed by atoms with Crippen LogP contribution >= 0.6 is 11.8 Å². The number of nitrogens with zero attached hydrogens (tertiary/aromatic N) is 1. The van der Waals surface area contributed by atoms with Gasteiger partial charge < -0.3 is 4.74 Å². The maximum atomic E-state index is 11.3. The Bertz CT molecular complexity index is 234. The molecule has 0 bridgehead atoms. The molecule has 3 N–H and O–H groups in total. The Morgan fingerprint density at radius 3 is 2.85 bits per heavy atom. The number of thioether (sulfide) groups is 1. The van der Waals surface area contributed by atoms with Crippen molar-refractivity contribution in [1.29, 1.82) is 5.41 Å². The number of carbonyl (C=O) groups is 1. The van der Waals surface area contributed by atoms with Crippen LogP contribution in [0.2, 0.25) is 0 Å². The number of rotatable bonds is 2. The number of carbonyl (C=O) groups excluding carboxylic acids is 1. The van der Waals surface area contributed by atoms with Gasteiger partial charge in [0, 0.05) is 0 Å². The zero-order valence-corrected chi connectivity index (χ0v) is 8.43. The van der Waals surface area contributed by atoms with E-state index >= 15 is 0 Å². The van der Waals surface area contributed by atoms with E-state index in [0.717, 1.165) is 11.8 Å². The van der Waals surface area contributed by atoms with E-state index in [0.29, 0.717) is 6.61 Å². The summed E-state index contributed by atoms with van der Waals surface area (Å²) in [5.74, 6) is 5.23. The van der Waals surface area contributed by atoms with Gasteiger partial charge in [-0.25, -0.2) is 5.84 Å². The van der Waals surface area contributed by atoms with Gasteiger partial charge in [-0.2, -0.15) is 0 Å². The smallest absolute Gasteiger partial charge is 0.321 e. The fourth-order valence-corrected chi connectivity index (χ4v) is 2.10. The van der Waals surface area contributed by atoms with Crippen LogP contribution in [0.25, 0.3) is 0 Å². The molecule has 1 aliphatic rings. The van der Waals surface area contributed by atoms with E-state index in [1.54, 1.807) is 13.8 Å². The van der Waals surface area contributed by atoms with E-state index in [9.17, 15) is 4.79 Å². The highest BCUT2D eigenvalue weighted by Gasteiger charge is 2.39. The minimum atomic E-state index is -0.363. The lowest BCUT2D eigenvalue weighted by molar-refractivity contribution is -0.143. The summed E-state index contributed by atoms with van der Waals surface area (Å²) in [6, 6.07) is -0.170. The predicted molar refractivity (Wildman–Crippen MR) is 51.2 cm³/mol. The van der Waals surface area contributed by atoms with Crippen LogP contribution in [0.4, 0.5) is 0 Å². The molecule has 0 aromatic heterocycles. The van der Waals surface area contributed by atoms with Gasteiger partial charge in [0.25, 0.3) is 0 Å². The van der Waals surface area contributed by atoms with Gasteiger partial charge in [-0.3, -0.25) is 15.2 Å². The molecule has 1 heterocycles. The van der Waals surface area contributed by atoms with Crippen LogP contribution in [-0.4, -0.2) is 34.0 Å². The molecule has 1 fully saturated rings. The zero-order valence-electron chi connectivity index (χ0n) is 7.61. The van der Waals surface area contributed by atoms with E-state index in [1.165, 1.54) is 5.01 Å². The first-order chi connectivity index (χ1) is 6.07. The summed E-state index contributed by atoms with van der Waals surface area (Å²) in [4.78, 5) is 11.3. The molecule has 0 saturated carbocycles. The minimum absolute atomic E-state index is 0.170. The SMILES string of the molecule is CCOC(=O)C1SC(=N)N(N)C1C. The van der Waals surface area contributed by atoms with Crippen molar-refractivity contribution in [3.63, 3.8) is 0 Å². The van der Waals surface area contributed by atoms with Gasteiger partial charge in [-0.15, -0.1) is 0 Å². The Morgan fingerprint density at radius 1 is 1.85 bits per heavy atom. The quantitative estimate of drug-likeness (QED) is 0.494. The summed E-state index contributed by atoms with van der Waals surface area (Å²) in [7, 11) is 0. The standard InChI is InChI=1S/C7H13N3O2S/c1-3-12-6(11)5-4(2)10(9)7(8)13-5/h4-5,8H,3,9H2,1-2H3. The summed E-state index contributed by atoms with van der Waals surface area (Å²) in [5.41, 5.74) is 0. The second kappa shape index (κ2) is 3.97. The Kier molecular flexibility index (Phi) is 3.16. The molecule has 6 heteroatoms. The number of hydrazine groups is 1. The third-order valence-corrected chi connectivity index (χ3v) is 3.14. The number of hydrogen-bond acceptors (Lipinski definition) is 5. The van der Waals surface area contributed by atoms with Gasteiger partial charge in [0.05, 0.1) is 12.6 Å². The van der Waals surface area contributed by atoms with Crippen molar-refractivity contribution in [2.45, 2.75) is 25.1 Å². The molecule has 0 spiro atoms. The van der Waals surface area contributed by atoms with Crippen molar-refractivity contribution < 1.29 is 9.53 Å². The van der Waals surface area contributed by atoms with Crippen molar-refractivity contribution in [2.24, 2.45) is 5.84 Å². The molecule has 0 aromatic carbocycles. The number of nitrogens with one attached hydrogen (secondary N) is 1. The summed E-state index contributed by atoms with van der Waals surface area (Å²) in [6.07, 6.45) is 0. The lowest BCUT2D eigenvalue weighted by Crippen LogP contribution is -2.42. The Labute approximate surface area is 81.1 Å². The van der Waals surface area contributed by atoms with E-state index in [2.05, 4.69) is 0 Å². The summed E-state index contributed by atoms with van der Waals surface area (Å²) in [5, 5.41) is 8.53. The monoisotopic (exact) mass is 203 g/mol. The predicted octanol–water partition coefficient (Wildman–Crippen LogP) is 0.164. The number of hydrogen-bond donors (Lipinski definition) is 2. The van der Waals surface area contributed by atoms with E-state index in [-0.39, 0.29) is 22.4 Å². The lowest BCUT2D eigenvalue weighted by Gasteiger charge is -2.17. The highest BCUT2D eigenvalue weighted by molar-refractivity contribution is 8.15. The van der Waals surface area contributed by atoms with Crippen molar-refractivity contribution in [2.75, 3.05) is 6.61 Å². The number of amidine groups is 1. The van der Waals surface area contributed by atoms with Crippen LogP contribution in [0.15, 0.2) is 0 Å². The molecule has 0 radical (unpaired) electrons. The van der Waals surface area contributed by atoms with Crippen molar-refractivity contribution >= 4 is 22.9 Å². The maximum Gasteiger partial charge on any atom is 0.321 e. The van der Waals surface area contributed by atoms with Gasteiger partial charge in [0.15, 0.2) is 5.17 Å². The van der Waals surface area contributed by atoms with Crippen LogP contribution < -0.4 is 5.84 Å². The van der Waals surface area contributed by atoms with Gasteiger partial charge in [-0.1, -0.05) is 11.8 Å². The van der Waals surface area contributed by atoms with Gasteiger partial charge >= 0.3 is 5.97 Å². The van der Waals surface area contributed by atoms with E-state index in [1.807, 2.05) is 0 Å². The second-order valence-corrected chi connectivity index (χ2v) is 3.87. The van der Waals surface area contributed by atoms with Crippen LogP contribution in [0.1, 0.15) is 13.8 Å². The number of esters is 1. The van der Waals surface area contributed by atoms with E-state index in [4.69, 9.17) is 16.0 Å². The molecule has 0 aromatic rings. The van der Waals surface area contributed by atoms with Crippen LogP contribution in [0.3, 0.4) is 0 Å². The average Bonchev–Trinajstić information content (AvgIpc) is 2.33. The molecule has 13 heavy (non-hydrogen) atoms. The van der Waals surface area contributed by atoms with Crippen molar-refractivity contribution in [1.82, 2.24) is 5.01 Å². The van der Waals surface area contributed by atoms with Crippen LogP contribution in [0, 0.1) is 5.41 Å². The van der Waals surface area contributed by atoms with Gasteiger partial charge in [0.1, 0.15) is 5.25 Å². The zero-order chi connectivity index (χ0) is 10.0. The minimum Gasteiger partial charge on any atom is -0.465 e. The van der Waals surface area contributed by atoms with Crippen LogP contribution in [0.5, 0.6) is 0 Å². The lowest BCUT2D eigenvalue weighted by atomic mass is 10.2. The Morgan fingerprint density at radius 2 is 2.46 bits per heavy atom. The molecule has 1 aliphatic heterocycles. The fourth-order valence-electron chi connectivity index (χ4n) is 1.08. The van der Waals surface area contributed by atoms with E-state index < -0.39 is 0 Å². The molecule has 1 rings (SSSR count). The first kappa shape index (κ1) is 10.3. The third-order valence-electron chi connectivity index (χ3n) is 1.87. The summed E-state index contributed by atoms with van der Waals surface area (Å²) >= 11 is 1.14. The van der Waals surface area contributed by atoms with Crippen molar-refractivity contribution in [3.05, 3.63) is 0 Å². The normalized spacial score (nSPS) is 27.9. The van der Waals surface area contributed by atoms with Gasteiger partial charge in [0.2, 0.25) is 0 Å². The number of ether oxygens (including phenoxy) is 1. The molecule has 0 amide bonds. The third kappa shape index (κ3) is 1.94. The molecule has 74 valence electrons. The highest BCUT2D eigenvalue weighted by atomic mass is 32.2. The molecule has 2 unspecified atom stereocenters. The average molecular weight is 203 g/mol. The summed E-state index contributed by atoms with van der Waals surface area (Å²) < 4.78 is 4.85. The highest BCUT2D eigenvalue weighted by Crippen LogP contribution is 2.28. The van der Waals surface area contributed by atoms with Crippen LogP contribution in [-0.2, 0) is 9.53 Å². The molecule has 1 saturated heterocycles. The van der Waals surface area contributed by atoms with Gasteiger partial charge in [-0.05, 0) is 13.8 Å². The Hall–Kier alpha value is -0.750.